The van der Waals surface area contributed by atoms with Crippen molar-refractivity contribution in [2.75, 3.05) is 0 Å². The van der Waals surface area contributed by atoms with E-state index in [-0.39, 0.29) is 42.9 Å². The summed E-state index contributed by atoms with van der Waals surface area (Å²) in [6.45, 7) is 40.9. The highest BCUT2D eigenvalue weighted by Crippen LogP contribution is 2.45. The lowest BCUT2D eigenvalue weighted by atomic mass is 9.78. The first-order chi connectivity index (χ1) is 38.2. The lowest BCUT2D eigenvalue weighted by Crippen LogP contribution is -2.43. The van der Waals surface area contributed by atoms with E-state index in [4.69, 9.17) is 9.97 Å². The van der Waals surface area contributed by atoms with Crippen molar-refractivity contribution in [1.82, 2.24) is 19.9 Å². The van der Waals surface area contributed by atoms with Crippen molar-refractivity contribution in [2.24, 2.45) is 0 Å². The Morgan fingerprint density at radius 2 is 0.890 bits per heavy atom. The number of benzene rings is 4. The number of fused-ring (bicyclic) bond motifs is 8. The van der Waals surface area contributed by atoms with Crippen molar-refractivity contribution in [3.8, 4) is 44.8 Å². The van der Waals surface area contributed by atoms with Crippen LogP contribution in [0.1, 0.15) is 181 Å². The Bertz CT molecular complexity index is 3910. The highest BCUT2D eigenvalue weighted by Gasteiger charge is 2.42. The third-order valence-electron chi connectivity index (χ3n) is 16.8. The first-order valence-electron chi connectivity index (χ1n) is 28.8. The average Bonchev–Trinajstić information content (AvgIpc) is 3.59. The highest BCUT2D eigenvalue weighted by molar-refractivity contribution is 6.90. The molecule has 0 saturated heterocycles. The minimum atomic E-state index is -2.30. The van der Waals surface area contributed by atoms with Crippen LogP contribution in [0.3, 0.4) is 0 Å². The zero-order valence-corrected chi connectivity index (χ0v) is 52.3. The Balaban J connectivity index is 1.56. The monoisotopic (exact) mass is 1110 g/mol. The van der Waals surface area contributed by atoms with Crippen LogP contribution in [0, 0.1) is 31.7 Å². The molecule has 0 fully saturated rings. The third-order valence-corrected chi connectivity index (χ3v) is 23.1. The van der Waals surface area contributed by atoms with Gasteiger partial charge in [-0.2, -0.15) is 0 Å². The van der Waals surface area contributed by atoms with Gasteiger partial charge in [-0.25, -0.2) is 9.97 Å². The summed E-state index contributed by atoms with van der Waals surface area (Å²) in [6.07, 6.45) is 6.33. The van der Waals surface area contributed by atoms with Crippen LogP contribution < -0.4 is 0 Å². The molecule has 0 saturated carbocycles. The van der Waals surface area contributed by atoms with Gasteiger partial charge >= 0.3 is 0 Å². The summed E-state index contributed by atoms with van der Waals surface area (Å²) in [4.78, 5) is 42.7. The normalized spacial score (nSPS) is 13.2. The van der Waals surface area contributed by atoms with E-state index < -0.39 is 8.07 Å². The molecule has 0 amide bonds. The molecule has 0 unspecified atom stereocenters. The number of non-ortho nitro benzene ring substituents is 2. The molecule has 2 N–H and O–H groups in total. The van der Waals surface area contributed by atoms with Crippen LogP contribution in [-0.4, -0.2) is 37.9 Å². The van der Waals surface area contributed by atoms with Crippen molar-refractivity contribution < 1.29 is 9.85 Å². The van der Waals surface area contributed by atoms with Crippen molar-refractivity contribution in [3.05, 3.63) is 186 Å². The van der Waals surface area contributed by atoms with Crippen LogP contribution in [0.5, 0.6) is 0 Å². The van der Waals surface area contributed by atoms with Crippen LogP contribution in [0.25, 0.3) is 79.2 Å². The molecule has 4 aromatic carbocycles. The molecule has 82 heavy (non-hydrogen) atoms. The van der Waals surface area contributed by atoms with E-state index in [1.807, 2.05) is 6.07 Å². The summed E-state index contributed by atoms with van der Waals surface area (Å²) in [5.74, 6) is 3.90. The van der Waals surface area contributed by atoms with Gasteiger partial charge in [0.1, 0.15) is 8.07 Å². The van der Waals surface area contributed by atoms with Crippen molar-refractivity contribution in [1.29, 1.82) is 0 Å². The van der Waals surface area contributed by atoms with E-state index in [0.717, 1.165) is 78.0 Å². The summed E-state index contributed by atoms with van der Waals surface area (Å²) in [6, 6.07) is 35.6. The predicted molar refractivity (Wildman–Crippen MR) is 346 cm³/mol. The summed E-state index contributed by atoms with van der Waals surface area (Å²) in [5, 5.41) is 24.2. The second-order valence-corrected chi connectivity index (χ2v) is 33.2. The number of aromatic nitrogens is 4. The fourth-order valence-electron chi connectivity index (χ4n) is 11.9. The summed E-state index contributed by atoms with van der Waals surface area (Å²) in [7, 11) is -2.30. The van der Waals surface area contributed by atoms with Gasteiger partial charge in [0.15, 0.2) is 0 Å². The Morgan fingerprint density at radius 3 is 1.34 bits per heavy atom. The molecule has 2 aliphatic rings. The number of H-pyrrole nitrogens is 2. The molecule has 7 aromatic rings. The lowest BCUT2D eigenvalue weighted by molar-refractivity contribution is -0.385. The molecule has 11 heteroatoms. The SMILES string of the molecule is CC(C)[Si](C#Cc1c2nc(c(-c3cc(C(C)(C)C)cc(C(C)(C)C)c3)c3cc(-c4ccc([N+](=O)[O-])cc4)c(cc4nc(c(-c5cc(C(C)(C)C)cc(C(C)(C)C)c5)c5ccc1[nH]5)C=C4c1ccc([N+](=O)[O-])cc1)[nH]3)C=C2)(C(C)C)C(C)C. The van der Waals surface area contributed by atoms with Crippen molar-refractivity contribution in [3.63, 3.8) is 0 Å². The Morgan fingerprint density at radius 1 is 0.463 bits per heavy atom. The van der Waals surface area contributed by atoms with Crippen LogP contribution >= 0.6 is 0 Å². The summed E-state index contributed by atoms with van der Waals surface area (Å²) in [5.41, 5.74) is 22.7. The standard InChI is InChI=1S/C71H80N6O4Si/c1-42(2)82(43(3)4,44(5)6)32-31-55-58-27-29-60(72-58)66(47-33-49(68(7,8)9)37-50(34-47)69(10,11)12)64-39-56(45-19-23-53(24-20-45)76(78)79)62(74-64)41-63-57(46-21-25-54(26-22-46)77(80)81)40-65(75-63)67(61-30-28-59(55)73-61)48-35-51(70(13,14)15)38-52(36-48)71(16,17)18/h19-30,33-44,72,75H,1-18H3. The topological polar surface area (TPSA) is 144 Å². The number of nitro groups is 2. The number of nitrogens with zero attached hydrogens (tertiary/aromatic N) is 4. The summed E-state index contributed by atoms with van der Waals surface area (Å²) >= 11 is 0. The van der Waals surface area contributed by atoms with Crippen LogP contribution in [-0.2, 0) is 21.7 Å². The molecule has 10 nitrogen and oxygen atoms in total. The molecule has 5 heterocycles. The quantitative estimate of drug-likeness (QED) is 0.0637. The molecule has 0 spiro atoms. The lowest BCUT2D eigenvalue weighted by Gasteiger charge is -2.38. The van der Waals surface area contributed by atoms with E-state index >= 15 is 0 Å². The molecule has 2 aliphatic heterocycles. The average molecular weight is 1110 g/mol. The van der Waals surface area contributed by atoms with Crippen molar-refractivity contribution >= 4 is 65.3 Å². The Labute approximate surface area is 486 Å². The van der Waals surface area contributed by atoms with Gasteiger partial charge in [0.25, 0.3) is 11.4 Å². The number of rotatable bonds is 9. The Hall–Kier alpha value is -7.94. The Kier molecular flexibility index (Phi) is 15.3. The molecule has 0 radical (unpaired) electrons. The van der Waals surface area contributed by atoms with Crippen LogP contribution in [0.4, 0.5) is 11.4 Å². The molecule has 9 rings (SSSR count). The molecule has 8 bridgehead atoms. The predicted octanol–water partition coefficient (Wildman–Crippen LogP) is 19.7. The summed E-state index contributed by atoms with van der Waals surface area (Å²) < 4.78 is 0. The van der Waals surface area contributed by atoms with E-state index in [9.17, 15) is 20.2 Å². The third kappa shape index (κ3) is 11.5. The van der Waals surface area contributed by atoms with Gasteiger partial charge in [0.05, 0.1) is 43.7 Å². The minimum Gasteiger partial charge on any atom is -0.354 e. The van der Waals surface area contributed by atoms with Gasteiger partial charge in [-0.15, -0.1) is 5.54 Å². The zero-order chi connectivity index (χ0) is 59.8. The van der Waals surface area contributed by atoms with E-state index in [1.54, 1.807) is 24.3 Å². The number of hydrogen-bond acceptors (Lipinski definition) is 6. The van der Waals surface area contributed by atoms with Crippen molar-refractivity contribution in [2.45, 2.75) is 163 Å². The molecule has 0 atom stereocenters. The molecular weight excluding hydrogens is 1030 g/mol. The van der Waals surface area contributed by atoms with Gasteiger partial charge < -0.3 is 9.97 Å². The van der Waals surface area contributed by atoms with Gasteiger partial charge in [0, 0.05) is 63.1 Å². The van der Waals surface area contributed by atoms with E-state index in [0.29, 0.717) is 33.5 Å². The molecular formula is C71H80N6O4Si. The maximum absolute atomic E-state index is 12.1. The molecule has 422 valence electrons. The number of nitro benzene ring substituents is 2. The van der Waals surface area contributed by atoms with Gasteiger partial charge in [-0.05, 0) is 150 Å². The smallest absolute Gasteiger partial charge is 0.269 e. The van der Waals surface area contributed by atoms with Crippen LogP contribution in [0.15, 0.2) is 109 Å². The maximum Gasteiger partial charge on any atom is 0.269 e. The fraction of sp³-hybridized carbons (Fsp3) is 0.352. The second kappa shape index (κ2) is 21.4. The van der Waals surface area contributed by atoms with Crippen LogP contribution in [0.2, 0.25) is 16.6 Å². The molecule has 0 aliphatic carbocycles. The zero-order valence-electron chi connectivity index (χ0n) is 51.3. The minimum absolute atomic E-state index is 0.0152. The second-order valence-electron chi connectivity index (χ2n) is 27.6. The fourth-order valence-corrected chi connectivity index (χ4v) is 17.1. The molecule has 3 aromatic heterocycles. The number of nitrogens with one attached hydrogen (secondary N) is 2. The first-order valence-corrected chi connectivity index (χ1v) is 31.0. The maximum atomic E-state index is 12.1. The van der Waals surface area contributed by atoms with Gasteiger partial charge in [0.2, 0.25) is 0 Å². The first kappa shape index (κ1) is 58.7. The van der Waals surface area contributed by atoms with E-state index in [2.05, 4.69) is 219 Å². The largest absolute Gasteiger partial charge is 0.354 e. The highest BCUT2D eigenvalue weighted by atomic mass is 28.3. The number of hydrogen-bond donors (Lipinski definition) is 2. The van der Waals surface area contributed by atoms with Gasteiger partial charge in [-0.3, -0.25) is 20.2 Å². The number of aromatic amines is 2. The van der Waals surface area contributed by atoms with E-state index in [1.165, 1.54) is 46.5 Å². The van der Waals surface area contributed by atoms with Gasteiger partial charge in [-0.1, -0.05) is 167 Å².